The molecule has 0 atom stereocenters. The second-order valence-corrected chi connectivity index (χ2v) is 7.56. The number of fused-ring (bicyclic) bond motifs is 1. The molecule has 1 aromatic heterocycles. The number of thiophene rings is 1. The molecule has 0 saturated heterocycles. The van der Waals surface area contributed by atoms with Crippen LogP contribution < -0.4 is 10.6 Å². The Labute approximate surface area is 176 Å². The number of amides is 4. The van der Waals surface area contributed by atoms with E-state index in [9.17, 15) is 19.2 Å². The average Bonchev–Trinajstić information content (AvgIpc) is 3.37. The predicted molar refractivity (Wildman–Crippen MR) is 114 cm³/mol. The topological polar surface area (TPSA) is 95.6 Å². The maximum atomic E-state index is 12.3. The van der Waals surface area contributed by atoms with Crippen LogP contribution in [0.4, 0.5) is 11.4 Å². The Kier molecular flexibility index (Phi) is 5.40. The summed E-state index contributed by atoms with van der Waals surface area (Å²) in [6.45, 7) is 0.00708. The molecule has 4 amide bonds. The minimum Gasteiger partial charge on any atom is -0.326 e. The molecule has 8 heteroatoms. The van der Waals surface area contributed by atoms with Crippen LogP contribution in [0, 0.1) is 0 Å². The molecule has 2 aromatic carbocycles. The zero-order valence-corrected chi connectivity index (χ0v) is 16.6. The normalized spacial score (nSPS) is 12.6. The first-order valence-electron chi connectivity index (χ1n) is 9.23. The zero-order valence-electron chi connectivity index (χ0n) is 15.8. The SMILES string of the molecule is O=C(CCN1C(=O)c2ccccc2C1=O)Nc1ccc(NC(=O)c2cccs2)cc1. The molecule has 0 radical (unpaired) electrons. The Balaban J connectivity index is 1.30. The number of anilines is 2. The van der Waals surface area contributed by atoms with Crippen LogP contribution >= 0.6 is 11.3 Å². The van der Waals surface area contributed by atoms with Crippen molar-refractivity contribution in [1.29, 1.82) is 0 Å². The first-order valence-corrected chi connectivity index (χ1v) is 10.1. The van der Waals surface area contributed by atoms with E-state index in [1.165, 1.54) is 11.3 Å². The molecule has 1 aliphatic rings. The highest BCUT2D eigenvalue weighted by Gasteiger charge is 2.34. The Hall–Kier alpha value is -3.78. The van der Waals surface area contributed by atoms with Crippen LogP contribution in [0.5, 0.6) is 0 Å². The number of rotatable bonds is 6. The number of carbonyl (C=O) groups excluding carboxylic acids is 4. The standard InChI is InChI=1S/C22H17N3O4S/c26-19(11-12-25-21(28)16-4-1-2-5-17(16)22(25)29)23-14-7-9-15(10-8-14)24-20(27)18-6-3-13-30-18/h1-10,13H,11-12H2,(H,23,26)(H,24,27). The summed E-state index contributed by atoms with van der Waals surface area (Å²) in [6, 6.07) is 16.9. The van der Waals surface area contributed by atoms with Crippen molar-refractivity contribution in [2.24, 2.45) is 0 Å². The molecule has 0 bridgehead atoms. The lowest BCUT2D eigenvalue weighted by Gasteiger charge is -2.13. The molecule has 0 saturated carbocycles. The maximum Gasteiger partial charge on any atom is 0.265 e. The van der Waals surface area contributed by atoms with E-state index in [0.29, 0.717) is 27.4 Å². The Morgan fingerprint density at radius 1 is 0.800 bits per heavy atom. The molecule has 30 heavy (non-hydrogen) atoms. The molecule has 0 unspecified atom stereocenters. The smallest absolute Gasteiger partial charge is 0.265 e. The van der Waals surface area contributed by atoms with Crippen LogP contribution in [0.1, 0.15) is 36.8 Å². The van der Waals surface area contributed by atoms with Gasteiger partial charge in [0.25, 0.3) is 17.7 Å². The Morgan fingerprint density at radius 3 is 1.97 bits per heavy atom. The van der Waals surface area contributed by atoms with E-state index in [-0.39, 0.29) is 36.6 Å². The fourth-order valence-corrected chi connectivity index (χ4v) is 3.74. The highest BCUT2D eigenvalue weighted by Crippen LogP contribution is 2.22. The number of imide groups is 1. The summed E-state index contributed by atoms with van der Waals surface area (Å²) in [5, 5.41) is 7.34. The van der Waals surface area contributed by atoms with Crippen molar-refractivity contribution in [3.63, 3.8) is 0 Å². The summed E-state index contributed by atoms with van der Waals surface area (Å²) in [7, 11) is 0. The van der Waals surface area contributed by atoms with E-state index in [2.05, 4.69) is 10.6 Å². The fourth-order valence-electron chi connectivity index (χ4n) is 3.12. The van der Waals surface area contributed by atoms with Crippen LogP contribution in [-0.2, 0) is 4.79 Å². The molecule has 0 fully saturated rings. The van der Waals surface area contributed by atoms with Crippen LogP contribution in [0.15, 0.2) is 66.0 Å². The summed E-state index contributed by atoms with van der Waals surface area (Å²) in [6.07, 6.45) is -0.0116. The van der Waals surface area contributed by atoms with Crippen molar-refractivity contribution in [3.05, 3.63) is 82.0 Å². The van der Waals surface area contributed by atoms with Crippen molar-refractivity contribution < 1.29 is 19.2 Å². The van der Waals surface area contributed by atoms with E-state index in [4.69, 9.17) is 0 Å². The second-order valence-electron chi connectivity index (χ2n) is 6.61. The van der Waals surface area contributed by atoms with Gasteiger partial charge in [0.05, 0.1) is 16.0 Å². The van der Waals surface area contributed by atoms with Gasteiger partial charge in [0.2, 0.25) is 5.91 Å². The summed E-state index contributed by atoms with van der Waals surface area (Å²) < 4.78 is 0. The van der Waals surface area contributed by atoms with Gasteiger partial charge in [0, 0.05) is 24.3 Å². The lowest BCUT2D eigenvalue weighted by atomic mass is 10.1. The van der Waals surface area contributed by atoms with Crippen LogP contribution in [-0.4, -0.2) is 35.1 Å². The van der Waals surface area contributed by atoms with Crippen LogP contribution in [0.25, 0.3) is 0 Å². The van der Waals surface area contributed by atoms with Crippen molar-refractivity contribution in [1.82, 2.24) is 4.90 Å². The summed E-state index contributed by atoms with van der Waals surface area (Å²) in [5.74, 6) is -1.27. The number of hydrogen-bond donors (Lipinski definition) is 2. The molecule has 0 aliphatic carbocycles. The maximum absolute atomic E-state index is 12.3. The molecule has 4 rings (SSSR count). The van der Waals surface area contributed by atoms with Crippen LogP contribution in [0.3, 0.4) is 0 Å². The van der Waals surface area contributed by atoms with E-state index in [1.54, 1.807) is 60.7 Å². The molecule has 2 heterocycles. The van der Waals surface area contributed by atoms with Gasteiger partial charge in [-0.2, -0.15) is 0 Å². The van der Waals surface area contributed by atoms with E-state index < -0.39 is 0 Å². The summed E-state index contributed by atoms with van der Waals surface area (Å²) in [4.78, 5) is 50.7. The first-order chi connectivity index (χ1) is 14.5. The molecular formula is C22H17N3O4S. The third-order valence-corrected chi connectivity index (χ3v) is 5.48. The highest BCUT2D eigenvalue weighted by molar-refractivity contribution is 7.12. The summed E-state index contributed by atoms with van der Waals surface area (Å²) in [5.41, 5.74) is 1.89. The first kappa shape index (κ1) is 19.5. The van der Waals surface area contributed by atoms with Gasteiger partial charge in [0.15, 0.2) is 0 Å². The van der Waals surface area contributed by atoms with Gasteiger partial charge in [-0.25, -0.2) is 0 Å². The third-order valence-electron chi connectivity index (χ3n) is 4.61. The van der Waals surface area contributed by atoms with Gasteiger partial charge in [-0.1, -0.05) is 18.2 Å². The lowest BCUT2D eigenvalue weighted by Crippen LogP contribution is -2.32. The number of carbonyl (C=O) groups is 4. The molecule has 7 nitrogen and oxygen atoms in total. The Bertz CT molecular complexity index is 1090. The fraction of sp³-hybridized carbons (Fsp3) is 0.0909. The quantitative estimate of drug-likeness (QED) is 0.597. The van der Waals surface area contributed by atoms with Crippen LogP contribution in [0.2, 0.25) is 0 Å². The molecule has 1 aliphatic heterocycles. The largest absolute Gasteiger partial charge is 0.326 e. The van der Waals surface area contributed by atoms with Gasteiger partial charge in [0.1, 0.15) is 0 Å². The highest BCUT2D eigenvalue weighted by atomic mass is 32.1. The monoisotopic (exact) mass is 419 g/mol. The number of nitrogens with one attached hydrogen (secondary N) is 2. The van der Waals surface area contributed by atoms with E-state index in [1.807, 2.05) is 5.38 Å². The number of hydrogen-bond acceptors (Lipinski definition) is 5. The average molecular weight is 419 g/mol. The van der Waals surface area contributed by atoms with Crippen molar-refractivity contribution >= 4 is 46.3 Å². The molecule has 0 spiro atoms. The Morgan fingerprint density at radius 2 is 1.40 bits per heavy atom. The van der Waals surface area contributed by atoms with E-state index >= 15 is 0 Å². The van der Waals surface area contributed by atoms with Gasteiger partial charge in [-0.3, -0.25) is 24.1 Å². The number of nitrogens with zero attached hydrogens (tertiary/aromatic N) is 1. The van der Waals surface area contributed by atoms with Crippen molar-refractivity contribution in [2.75, 3.05) is 17.2 Å². The minimum absolute atomic E-state index is 0.00708. The predicted octanol–water partition coefficient (Wildman–Crippen LogP) is 3.63. The van der Waals surface area contributed by atoms with Crippen molar-refractivity contribution in [2.45, 2.75) is 6.42 Å². The van der Waals surface area contributed by atoms with Gasteiger partial charge in [-0.15, -0.1) is 11.3 Å². The molecular weight excluding hydrogens is 402 g/mol. The molecule has 150 valence electrons. The third kappa shape index (κ3) is 3.99. The summed E-state index contributed by atoms with van der Waals surface area (Å²) >= 11 is 1.35. The van der Waals surface area contributed by atoms with E-state index in [0.717, 1.165) is 4.90 Å². The van der Waals surface area contributed by atoms with Gasteiger partial charge < -0.3 is 10.6 Å². The number of benzene rings is 2. The van der Waals surface area contributed by atoms with Crippen molar-refractivity contribution in [3.8, 4) is 0 Å². The molecule has 2 N–H and O–H groups in total. The van der Waals surface area contributed by atoms with Gasteiger partial charge >= 0.3 is 0 Å². The molecule has 3 aromatic rings. The minimum atomic E-state index is -0.380. The zero-order chi connectivity index (χ0) is 21.1. The lowest BCUT2D eigenvalue weighted by molar-refractivity contribution is -0.116. The van der Waals surface area contributed by atoms with Gasteiger partial charge in [-0.05, 0) is 47.8 Å². The second kappa shape index (κ2) is 8.30.